The van der Waals surface area contributed by atoms with E-state index in [4.69, 9.17) is 5.73 Å². The second-order valence-corrected chi connectivity index (χ2v) is 6.63. The van der Waals surface area contributed by atoms with E-state index in [1.54, 1.807) is 0 Å². The molecule has 0 unspecified atom stereocenters. The van der Waals surface area contributed by atoms with Gasteiger partial charge in [0.1, 0.15) is 0 Å². The van der Waals surface area contributed by atoms with Gasteiger partial charge in [-0.1, -0.05) is 0 Å². The number of carbonyl (C=O) groups is 1. The van der Waals surface area contributed by atoms with E-state index in [2.05, 4.69) is 5.32 Å². The normalized spacial score (nSPS) is 20.7. The molecule has 0 saturated heterocycles. The van der Waals surface area contributed by atoms with Crippen LogP contribution in [0.3, 0.4) is 0 Å². The Bertz CT molecular complexity index is 262. The zero-order valence-electron chi connectivity index (χ0n) is 11.2. The van der Waals surface area contributed by atoms with E-state index in [9.17, 15) is 4.79 Å². The van der Waals surface area contributed by atoms with E-state index in [0.717, 1.165) is 30.7 Å². The number of nitrogens with two attached hydrogens (primary N) is 1. The third kappa shape index (κ3) is 4.66. The summed E-state index contributed by atoms with van der Waals surface area (Å²) in [6.07, 6.45) is 6.85. The molecule has 3 heteroatoms. The number of amides is 1. The van der Waals surface area contributed by atoms with Crippen molar-refractivity contribution in [1.29, 1.82) is 0 Å². The van der Waals surface area contributed by atoms with E-state index < -0.39 is 0 Å². The molecule has 0 atom stereocenters. The Kier molecular flexibility index (Phi) is 3.76. The number of hydrogen-bond donors (Lipinski definition) is 2. The maximum atomic E-state index is 11.7. The highest BCUT2D eigenvalue weighted by atomic mass is 16.1. The molecule has 0 aromatic heterocycles. The largest absolute Gasteiger partial charge is 0.356 e. The third-order valence-corrected chi connectivity index (χ3v) is 3.99. The van der Waals surface area contributed by atoms with Crippen LogP contribution in [0.1, 0.15) is 52.4 Å². The quantitative estimate of drug-likeness (QED) is 0.713. The summed E-state index contributed by atoms with van der Waals surface area (Å²) in [5.41, 5.74) is 5.64. The molecule has 2 aliphatic carbocycles. The van der Waals surface area contributed by atoms with Gasteiger partial charge < -0.3 is 11.1 Å². The molecular formula is C14H26N2O. The molecule has 0 aromatic rings. The molecule has 0 aliphatic heterocycles. The van der Waals surface area contributed by atoms with E-state index in [0.29, 0.717) is 6.42 Å². The Balaban J connectivity index is 1.64. The Morgan fingerprint density at radius 1 is 1.29 bits per heavy atom. The van der Waals surface area contributed by atoms with Crippen LogP contribution in [-0.2, 0) is 4.79 Å². The summed E-state index contributed by atoms with van der Waals surface area (Å²) in [7, 11) is 0. The summed E-state index contributed by atoms with van der Waals surface area (Å²) < 4.78 is 0. The average molecular weight is 238 g/mol. The third-order valence-electron chi connectivity index (χ3n) is 3.99. The van der Waals surface area contributed by atoms with Crippen LogP contribution in [0.15, 0.2) is 0 Å². The molecule has 0 radical (unpaired) electrons. The fourth-order valence-corrected chi connectivity index (χ4v) is 2.52. The van der Waals surface area contributed by atoms with Gasteiger partial charge in [0.05, 0.1) is 0 Å². The first-order valence-corrected chi connectivity index (χ1v) is 7.01. The Hall–Kier alpha value is -0.570. The molecule has 3 nitrogen and oxygen atoms in total. The lowest BCUT2D eigenvalue weighted by molar-refractivity contribution is -0.121. The van der Waals surface area contributed by atoms with Gasteiger partial charge in [-0.15, -0.1) is 0 Å². The number of carbonyl (C=O) groups excluding carboxylic acids is 1. The second-order valence-electron chi connectivity index (χ2n) is 6.63. The van der Waals surface area contributed by atoms with Crippen LogP contribution in [0.5, 0.6) is 0 Å². The van der Waals surface area contributed by atoms with Gasteiger partial charge in [-0.25, -0.2) is 0 Å². The monoisotopic (exact) mass is 238 g/mol. The molecule has 2 fully saturated rings. The summed E-state index contributed by atoms with van der Waals surface area (Å²) >= 11 is 0. The zero-order chi connectivity index (χ0) is 12.5. The highest BCUT2D eigenvalue weighted by Gasteiger charge is 2.41. The minimum absolute atomic E-state index is 0.176. The molecule has 3 N–H and O–H groups in total. The number of rotatable bonds is 7. The highest BCUT2D eigenvalue weighted by molar-refractivity contribution is 5.75. The van der Waals surface area contributed by atoms with Crippen molar-refractivity contribution in [2.24, 2.45) is 23.5 Å². The van der Waals surface area contributed by atoms with Crippen molar-refractivity contribution in [3.63, 3.8) is 0 Å². The van der Waals surface area contributed by atoms with Gasteiger partial charge in [-0.2, -0.15) is 0 Å². The average Bonchev–Trinajstić information content (AvgIpc) is 3.06. The lowest BCUT2D eigenvalue weighted by Gasteiger charge is -2.19. The van der Waals surface area contributed by atoms with Gasteiger partial charge in [0.2, 0.25) is 5.91 Å². The maximum Gasteiger partial charge on any atom is 0.220 e. The minimum Gasteiger partial charge on any atom is -0.356 e. The first kappa shape index (κ1) is 12.9. The van der Waals surface area contributed by atoms with Crippen molar-refractivity contribution in [2.75, 3.05) is 6.54 Å². The van der Waals surface area contributed by atoms with Gasteiger partial charge in [-0.05, 0) is 63.7 Å². The van der Waals surface area contributed by atoms with Crippen molar-refractivity contribution in [3.8, 4) is 0 Å². The first-order valence-electron chi connectivity index (χ1n) is 7.01. The van der Waals surface area contributed by atoms with Crippen molar-refractivity contribution >= 4 is 5.91 Å². The molecular weight excluding hydrogens is 212 g/mol. The standard InChI is InChI=1S/C14H26N2O/c1-14(2,15)8-7-13(17)16-9-12(10-3-4-10)11-5-6-11/h10-12H,3-9,15H2,1-2H3,(H,16,17). The molecule has 2 aliphatic rings. The van der Waals surface area contributed by atoms with Crippen molar-refractivity contribution < 1.29 is 4.79 Å². The van der Waals surface area contributed by atoms with Crippen LogP contribution in [0, 0.1) is 17.8 Å². The molecule has 0 aromatic carbocycles. The second kappa shape index (κ2) is 4.97. The van der Waals surface area contributed by atoms with E-state index in [1.165, 1.54) is 25.7 Å². The number of hydrogen-bond acceptors (Lipinski definition) is 2. The molecule has 2 saturated carbocycles. The van der Waals surface area contributed by atoms with Crippen LogP contribution >= 0.6 is 0 Å². The van der Waals surface area contributed by atoms with Gasteiger partial charge in [-0.3, -0.25) is 4.79 Å². The van der Waals surface area contributed by atoms with Crippen molar-refractivity contribution in [2.45, 2.75) is 57.9 Å². The maximum absolute atomic E-state index is 11.7. The number of nitrogens with one attached hydrogen (secondary N) is 1. The molecule has 98 valence electrons. The van der Waals surface area contributed by atoms with Gasteiger partial charge in [0, 0.05) is 18.5 Å². The van der Waals surface area contributed by atoms with Crippen LogP contribution in [0.25, 0.3) is 0 Å². The lowest BCUT2D eigenvalue weighted by Crippen LogP contribution is -2.36. The zero-order valence-corrected chi connectivity index (χ0v) is 11.2. The van der Waals surface area contributed by atoms with Crippen LogP contribution in [0.4, 0.5) is 0 Å². The fraction of sp³-hybridized carbons (Fsp3) is 0.929. The van der Waals surface area contributed by atoms with E-state index in [1.807, 2.05) is 13.8 Å². The van der Waals surface area contributed by atoms with Crippen LogP contribution < -0.4 is 11.1 Å². The van der Waals surface area contributed by atoms with Crippen molar-refractivity contribution in [3.05, 3.63) is 0 Å². The Morgan fingerprint density at radius 2 is 1.82 bits per heavy atom. The summed E-state index contributed by atoms with van der Waals surface area (Å²) in [5, 5.41) is 3.10. The molecule has 0 heterocycles. The highest BCUT2D eigenvalue weighted by Crippen LogP contribution is 2.48. The summed E-state index contributed by atoms with van der Waals surface area (Å²) in [5.74, 6) is 2.77. The fourth-order valence-electron chi connectivity index (χ4n) is 2.52. The smallest absolute Gasteiger partial charge is 0.220 e. The predicted octanol–water partition coefficient (Wildman–Crippen LogP) is 2.06. The van der Waals surface area contributed by atoms with Crippen LogP contribution in [-0.4, -0.2) is 18.0 Å². The summed E-state index contributed by atoms with van der Waals surface area (Å²) in [6, 6.07) is 0. The summed E-state index contributed by atoms with van der Waals surface area (Å²) in [6.45, 7) is 4.84. The minimum atomic E-state index is -0.232. The van der Waals surface area contributed by atoms with Gasteiger partial charge >= 0.3 is 0 Å². The van der Waals surface area contributed by atoms with Gasteiger partial charge in [0.25, 0.3) is 0 Å². The summed E-state index contributed by atoms with van der Waals surface area (Å²) in [4.78, 5) is 11.7. The molecule has 2 rings (SSSR count). The predicted molar refractivity (Wildman–Crippen MR) is 69.4 cm³/mol. The first-order chi connectivity index (χ1) is 7.96. The Morgan fingerprint density at radius 3 is 2.24 bits per heavy atom. The van der Waals surface area contributed by atoms with E-state index in [-0.39, 0.29) is 11.4 Å². The van der Waals surface area contributed by atoms with Crippen molar-refractivity contribution in [1.82, 2.24) is 5.32 Å². The van der Waals surface area contributed by atoms with Crippen LogP contribution in [0.2, 0.25) is 0 Å². The lowest BCUT2D eigenvalue weighted by atomic mass is 9.97. The topological polar surface area (TPSA) is 55.1 Å². The van der Waals surface area contributed by atoms with Gasteiger partial charge in [0.15, 0.2) is 0 Å². The van der Waals surface area contributed by atoms with E-state index >= 15 is 0 Å². The molecule has 0 bridgehead atoms. The molecule has 17 heavy (non-hydrogen) atoms. The SMILES string of the molecule is CC(C)(N)CCC(=O)NCC(C1CC1)C1CC1. The molecule has 0 spiro atoms. The Labute approximate surface area is 105 Å². The molecule has 1 amide bonds.